The van der Waals surface area contributed by atoms with Crippen LogP contribution in [0.15, 0.2) is 35.2 Å². The number of rotatable bonds is 6. The predicted octanol–water partition coefficient (Wildman–Crippen LogP) is 3.41. The summed E-state index contributed by atoms with van der Waals surface area (Å²) in [5.74, 6) is 1.85. The molecular formula is C13H21NS. The lowest BCUT2D eigenvalue weighted by atomic mass is 10.1. The Morgan fingerprint density at radius 2 is 1.80 bits per heavy atom. The summed E-state index contributed by atoms with van der Waals surface area (Å²) in [4.78, 5) is 1.36. The molecule has 0 amide bonds. The summed E-state index contributed by atoms with van der Waals surface area (Å²) in [5.41, 5.74) is 0. The van der Waals surface area contributed by atoms with Gasteiger partial charge in [0.05, 0.1) is 0 Å². The van der Waals surface area contributed by atoms with Crippen molar-refractivity contribution in [3.05, 3.63) is 30.3 Å². The van der Waals surface area contributed by atoms with E-state index in [0.717, 1.165) is 12.3 Å². The molecule has 0 aliphatic rings. The van der Waals surface area contributed by atoms with Crippen LogP contribution in [-0.2, 0) is 0 Å². The lowest BCUT2D eigenvalue weighted by Crippen LogP contribution is -2.32. The standard InChI is InChI=1S/C13H21NS/c1-11(2)12(3)14-9-10-15-13-7-5-4-6-8-13/h4-8,11-12,14H,9-10H2,1-3H3. The Balaban J connectivity index is 2.12. The van der Waals surface area contributed by atoms with E-state index in [1.165, 1.54) is 4.90 Å². The second-order valence-electron chi connectivity index (χ2n) is 4.15. The van der Waals surface area contributed by atoms with Crippen molar-refractivity contribution in [2.24, 2.45) is 5.92 Å². The van der Waals surface area contributed by atoms with E-state index in [1.54, 1.807) is 0 Å². The van der Waals surface area contributed by atoms with Crippen LogP contribution in [-0.4, -0.2) is 18.3 Å². The Bertz CT molecular complexity index is 258. The van der Waals surface area contributed by atoms with Crippen LogP contribution in [0, 0.1) is 5.92 Å². The normalized spacial score (nSPS) is 13.1. The van der Waals surface area contributed by atoms with Gasteiger partial charge in [-0.3, -0.25) is 0 Å². The second-order valence-corrected chi connectivity index (χ2v) is 5.32. The van der Waals surface area contributed by atoms with E-state index in [-0.39, 0.29) is 0 Å². The van der Waals surface area contributed by atoms with Crippen molar-refractivity contribution in [2.75, 3.05) is 12.3 Å². The quantitative estimate of drug-likeness (QED) is 0.586. The lowest BCUT2D eigenvalue weighted by Gasteiger charge is -2.16. The van der Waals surface area contributed by atoms with E-state index in [1.807, 2.05) is 11.8 Å². The van der Waals surface area contributed by atoms with E-state index in [4.69, 9.17) is 0 Å². The van der Waals surface area contributed by atoms with Crippen LogP contribution in [0.5, 0.6) is 0 Å². The van der Waals surface area contributed by atoms with Gasteiger partial charge in [0.2, 0.25) is 0 Å². The van der Waals surface area contributed by atoms with Crippen molar-refractivity contribution in [1.82, 2.24) is 5.32 Å². The van der Waals surface area contributed by atoms with E-state index in [2.05, 4.69) is 56.4 Å². The van der Waals surface area contributed by atoms with Crippen LogP contribution in [0.3, 0.4) is 0 Å². The first-order chi connectivity index (χ1) is 7.20. The summed E-state index contributed by atoms with van der Waals surface area (Å²) in [6.07, 6.45) is 0. The third-order valence-electron chi connectivity index (χ3n) is 2.58. The highest BCUT2D eigenvalue weighted by Crippen LogP contribution is 2.15. The van der Waals surface area contributed by atoms with E-state index in [0.29, 0.717) is 12.0 Å². The van der Waals surface area contributed by atoms with Gasteiger partial charge in [-0.15, -0.1) is 11.8 Å². The lowest BCUT2D eigenvalue weighted by molar-refractivity contribution is 0.438. The van der Waals surface area contributed by atoms with Crippen molar-refractivity contribution in [3.8, 4) is 0 Å². The third-order valence-corrected chi connectivity index (χ3v) is 3.59. The molecule has 0 spiro atoms. The molecule has 0 radical (unpaired) electrons. The van der Waals surface area contributed by atoms with Crippen LogP contribution in [0.2, 0.25) is 0 Å². The fraction of sp³-hybridized carbons (Fsp3) is 0.538. The van der Waals surface area contributed by atoms with Gasteiger partial charge in [-0.2, -0.15) is 0 Å². The Kier molecular flexibility index (Phi) is 5.81. The minimum absolute atomic E-state index is 0.612. The van der Waals surface area contributed by atoms with Gasteiger partial charge in [0.25, 0.3) is 0 Å². The smallest absolute Gasteiger partial charge is 0.0106 e. The summed E-state index contributed by atoms with van der Waals surface area (Å²) in [5, 5.41) is 3.53. The van der Waals surface area contributed by atoms with Crippen LogP contribution in [0.25, 0.3) is 0 Å². The molecule has 1 rings (SSSR count). The zero-order valence-electron chi connectivity index (χ0n) is 9.86. The number of thioether (sulfide) groups is 1. The Morgan fingerprint density at radius 3 is 2.40 bits per heavy atom. The molecule has 1 atom stereocenters. The molecule has 1 nitrogen and oxygen atoms in total. The predicted molar refractivity (Wildman–Crippen MR) is 69.5 cm³/mol. The van der Waals surface area contributed by atoms with Crippen LogP contribution in [0.1, 0.15) is 20.8 Å². The summed E-state index contributed by atoms with van der Waals surface area (Å²) in [6, 6.07) is 11.2. The van der Waals surface area contributed by atoms with Gasteiger partial charge in [-0.1, -0.05) is 32.0 Å². The molecule has 0 fully saturated rings. The first-order valence-electron chi connectivity index (χ1n) is 5.61. The summed E-state index contributed by atoms with van der Waals surface area (Å²) < 4.78 is 0. The average molecular weight is 223 g/mol. The minimum Gasteiger partial charge on any atom is -0.313 e. The van der Waals surface area contributed by atoms with Gasteiger partial charge in [0.15, 0.2) is 0 Å². The highest BCUT2D eigenvalue weighted by molar-refractivity contribution is 7.99. The van der Waals surface area contributed by atoms with Gasteiger partial charge < -0.3 is 5.32 Å². The largest absolute Gasteiger partial charge is 0.313 e. The van der Waals surface area contributed by atoms with E-state index >= 15 is 0 Å². The number of benzene rings is 1. The summed E-state index contributed by atoms with van der Waals surface area (Å²) in [6.45, 7) is 7.83. The van der Waals surface area contributed by atoms with Crippen molar-refractivity contribution in [2.45, 2.75) is 31.7 Å². The molecule has 1 aromatic carbocycles. The molecule has 0 saturated heterocycles. The van der Waals surface area contributed by atoms with Gasteiger partial charge in [-0.05, 0) is 25.0 Å². The summed E-state index contributed by atoms with van der Waals surface area (Å²) in [7, 11) is 0. The van der Waals surface area contributed by atoms with Crippen LogP contribution < -0.4 is 5.32 Å². The fourth-order valence-electron chi connectivity index (χ4n) is 1.21. The van der Waals surface area contributed by atoms with Crippen molar-refractivity contribution in [3.63, 3.8) is 0 Å². The van der Waals surface area contributed by atoms with Crippen LogP contribution >= 0.6 is 11.8 Å². The molecule has 1 unspecified atom stereocenters. The highest BCUT2D eigenvalue weighted by atomic mass is 32.2. The molecule has 0 heterocycles. The Hall–Kier alpha value is -0.470. The highest BCUT2D eigenvalue weighted by Gasteiger charge is 2.04. The maximum absolute atomic E-state index is 3.53. The van der Waals surface area contributed by atoms with Crippen molar-refractivity contribution >= 4 is 11.8 Å². The SMILES string of the molecule is CC(C)C(C)NCCSc1ccccc1. The Morgan fingerprint density at radius 1 is 1.13 bits per heavy atom. The van der Waals surface area contributed by atoms with Gasteiger partial charge in [-0.25, -0.2) is 0 Å². The molecule has 1 aromatic rings. The zero-order valence-corrected chi connectivity index (χ0v) is 10.7. The molecule has 0 saturated carbocycles. The molecule has 0 bridgehead atoms. The third kappa shape index (κ3) is 5.24. The molecule has 0 aliphatic heterocycles. The Labute approximate surface area is 97.7 Å². The minimum atomic E-state index is 0.612. The van der Waals surface area contributed by atoms with Crippen molar-refractivity contribution in [1.29, 1.82) is 0 Å². The first-order valence-corrected chi connectivity index (χ1v) is 6.60. The van der Waals surface area contributed by atoms with Gasteiger partial charge in [0.1, 0.15) is 0 Å². The van der Waals surface area contributed by atoms with E-state index < -0.39 is 0 Å². The number of nitrogens with one attached hydrogen (secondary N) is 1. The first kappa shape index (κ1) is 12.6. The molecule has 84 valence electrons. The molecule has 15 heavy (non-hydrogen) atoms. The van der Waals surface area contributed by atoms with E-state index in [9.17, 15) is 0 Å². The maximum atomic E-state index is 3.53. The monoisotopic (exact) mass is 223 g/mol. The molecule has 0 aliphatic carbocycles. The average Bonchev–Trinajstić information content (AvgIpc) is 2.25. The van der Waals surface area contributed by atoms with Gasteiger partial charge >= 0.3 is 0 Å². The topological polar surface area (TPSA) is 12.0 Å². The number of hydrogen-bond acceptors (Lipinski definition) is 2. The fourth-order valence-corrected chi connectivity index (χ4v) is 2.01. The molecule has 1 N–H and O–H groups in total. The maximum Gasteiger partial charge on any atom is 0.0106 e. The number of hydrogen-bond donors (Lipinski definition) is 1. The van der Waals surface area contributed by atoms with Gasteiger partial charge in [0, 0.05) is 23.2 Å². The second kappa shape index (κ2) is 6.91. The van der Waals surface area contributed by atoms with Crippen molar-refractivity contribution < 1.29 is 0 Å². The summed E-state index contributed by atoms with van der Waals surface area (Å²) >= 11 is 1.91. The molecular weight excluding hydrogens is 202 g/mol. The molecule has 0 aromatic heterocycles. The molecule has 2 heteroatoms. The zero-order chi connectivity index (χ0) is 11.1. The van der Waals surface area contributed by atoms with Crippen LogP contribution in [0.4, 0.5) is 0 Å².